The molecule has 0 aliphatic carbocycles. The van der Waals surface area contributed by atoms with Gasteiger partial charge in [0.05, 0.1) is 5.02 Å². The molecule has 0 saturated heterocycles. The van der Waals surface area contributed by atoms with Crippen LogP contribution in [0.25, 0.3) is 11.0 Å². The van der Waals surface area contributed by atoms with Crippen LogP contribution in [0.4, 0.5) is 5.82 Å². The monoisotopic (exact) mass is 311 g/mol. The number of aromatic nitrogens is 4. The van der Waals surface area contributed by atoms with Gasteiger partial charge in [-0.3, -0.25) is 4.72 Å². The molecule has 0 aliphatic heterocycles. The molecule has 1 N–H and O–H groups in total. The van der Waals surface area contributed by atoms with Crippen molar-refractivity contribution in [1.82, 2.24) is 20.3 Å². The van der Waals surface area contributed by atoms with E-state index in [1.165, 1.54) is 30.7 Å². The Morgan fingerprint density at radius 1 is 1.15 bits per heavy atom. The molecule has 2 aromatic heterocycles. The Morgan fingerprint density at radius 2 is 1.95 bits per heavy atom. The molecule has 3 rings (SSSR count). The van der Waals surface area contributed by atoms with E-state index in [1.54, 1.807) is 0 Å². The van der Waals surface area contributed by atoms with E-state index in [0.717, 1.165) is 0 Å². The minimum atomic E-state index is -3.89. The van der Waals surface area contributed by atoms with E-state index < -0.39 is 10.0 Å². The zero-order valence-corrected chi connectivity index (χ0v) is 11.3. The van der Waals surface area contributed by atoms with Crippen molar-refractivity contribution in [3.63, 3.8) is 0 Å². The maximum absolute atomic E-state index is 12.3. The molecule has 1 aromatic carbocycles. The summed E-state index contributed by atoms with van der Waals surface area (Å²) in [6.45, 7) is 0. The number of rotatable bonds is 3. The van der Waals surface area contributed by atoms with Gasteiger partial charge in [0, 0.05) is 6.20 Å². The van der Waals surface area contributed by atoms with E-state index in [0.29, 0.717) is 0 Å². The number of nitrogens with zero attached hydrogens (tertiary/aromatic N) is 4. The van der Waals surface area contributed by atoms with Crippen LogP contribution in [0.1, 0.15) is 0 Å². The first kappa shape index (κ1) is 12.8. The molecule has 0 unspecified atom stereocenters. The predicted octanol–water partition coefficient (Wildman–Crippen LogP) is 1.47. The summed E-state index contributed by atoms with van der Waals surface area (Å²) in [5.74, 6) is 0.138. The minimum absolute atomic E-state index is 0.0547. The van der Waals surface area contributed by atoms with Gasteiger partial charge in [-0.2, -0.15) is 0 Å². The standard InChI is InChI=1S/C10H6ClN5O3S/c11-6-1-2-7(10-9(6)14-19-15-10)20(17,18)16-8-3-4-12-5-13-8/h1-5H,(H,12,13,16). The van der Waals surface area contributed by atoms with Crippen molar-refractivity contribution < 1.29 is 13.0 Å². The summed E-state index contributed by atoms with van der Waals surface area (Å²) in [5, 5.41) is 7.38. The average Bonchev–Trinajstić information content (AvgIpc) is 2.89. The fraction of sp³-hybridized carbons (Fsp3) is 0. The zero-order valence-electron chi connectivity index (χ0n) is 9.69. The first-order valence-electron chi connectivity index (χ1n) is 5.27. The number of fused-ring (bicyclic) bond motifs is 1. The molecule has 0 saturated carbocycles. The highest BCUT2D eigenvalue weighted by Crippen LogP contribution is 2.27. The Balaban J connectivity index is 2.10. The van der Waals surface area contributed by atoms with Gasteiger partial charge in [0.15, 0.2) is 11.0 Å². The van der Waals surface area contributed by atoms with Gasteiger partial charge < -0.3 is 0 Å². The van der Waals surface area contributed by atoms with Crippen LogP contribution >= 0.6 is 11.6 Å². The lowest BCUT2D eigenvalue weighted by molar-refractivity contribution is 0.315. The van der Waals surface area contributed by atoms with E-state index in [1.807, 2.05) is 0 Å². The van der Waals surface area contributed by atoms with Crippen LogP contribution < -0.4 is 4.72 Å². The molecule has 0 atom stereocenters. The molecule has 0 aliphatic rings. The molecular weight excluding hydrogens is 306 g/mol. The Hall–Kier alpha value is -2.26. The number of halogens is 1. The van der Waals surface area contributed by atoms with Crippen molar-refractivity contribution in [1.29, 1.82) is 0 Å². The number of nitrogens with one attached hydrogen (secondary N) is 1. The van der Waals surface area contributed by atoms with Crippen molar-refractivity contribution in [2.45, 2.75) is 4.90 Å². The van der Waals surface area contributed by atoms with Gasteiger partial charge in [0.25, 0.3) is 10.0 Å². The molecule has 20 heavy (non-hydrogen) atoms. The second kappa shape index (κ2) is 4.69. The van der Waals surface area contributed by atoms with E-state index in [4.69, 9.17) is 11.6 Å². The van der Waals surface area contributed by atoms with Crippen LogP contribution in [0.15, 0.2) is 40.2 Å². The van der Waals surface area contributed by atoms with E-state index in [2.05, 4.69) is 29.6 Å². The Morgan fingerprint density at radius 3 is 2.70 bits per heavy atom. The lowest BCUT2D eigenvalue weighted by atomic mass is 10.3. The molecule has 10 heteroatoms. The van der Waals surface area contributed by atoms with Crippen molar-refractivity contribution in [2.75, 3.05) is 4.72 Å². The second-order valence-corrected chi connectivity index (χ2v) is 5.77. The van der Waals surface area contributed by atoms with Crippen molar-refractivity contribution in [2.24, 2.45) is 0 Å². The number of anilines is 1. The lowest BCUT2D eigenvalue weighted by Crippen LogP contribution is -2.14. The van der Waals surface area contributed by atoms with Crippen molar-refractivity contribution in [3.05, 3.63) is 35.7 Å². The highest BCUT2D eigenvalue weighted by atomic mass is 35.5. The van der Waals surface area contributed by atoms with E-state index in [-0.39, 0.29) is 26.8 Å². The van der Waals surface area contributed by atoms with Crippen molar-refractivity contribution >= 4 is 38.5 Å². The summed E-state index contributed by atoms with van der Waals surface area (Å²) in [5.41, 5.74) is 0.233. The highest BCUT2D eigenvalue weighted by molar-refractivity contribution is 7.93. The van der Waals surface area contributed by atoms with E-state index in [9.17, 15) is 8.42 Å². The summed E-state index contributed by atoms with van der Waals surface area (Å²) < 4.78 is 31.4. The van der Waals surface area contributed by atoms with Gasteiger partial charge >= 0.3 is 0 Å². The molecule has 0 amide bonds. The van der Waals surface area contributed by atoms with Gasteiger partial charge in [-0.1, -0.05) is 11.6 Å². The molecule has 3 aromatic rings. The van der Waals surface area contributed by atoms with Crippen LogP contribution in [0, 0.1) is 0 Å². The molecule has 0 radical (unpaired) electrons. The Labute approximate surface area is 117 Å². The fourth-order valence-corrected chi connectivity index (χ4v) is 2.90. The Kier molecular flexibility index (Phi) is 2.99. The topological polar surface area (TPSA) is 111 Å². The SMILES string of the molecule is O=S(=O)(Nc1ccncn1)c1ccc(Cl)c2nonc12. The zero-order chi connectivity index (χ0) is 14.2. The molecule has 8 nitrogen and oxygen atoms in total. The van der Waals surface area contributed by atoms with Crippen LogP contribution in [0.3, 0.4) is 0 Å². The van der Waals surface area contributed by atoms with E-state index >= 15 is 0 Å². The number of benzene rings is 1. The molecule has 2 heterocycles. The van der Waals surface area contributed by atoms with Crippen LogP contribution in [0.5, 0.6) is 0 Å². The third-order valence-corrected chi connectivity index (χ3v) is 4.13. The summed E-state index contributed by atoms with van der Waals surface area (Å²) in [6.07, 6.45) is 2.65. The number of hydrogen-bond acceptors (Lipinski definition) is 7. The largest absolute Gasteiger partial charge is 0.265 e. The summed E-state index contributed by atoms with van der Waals surface area (Å²) in [4.78, 5) is 7.39. The third kappa shape index (κ3) is 2.17. The number of hydrogen-bond donors (Lipinski definition) is 1. The lowest BCUT2D eigenvalue weighted by Gasteiger charge is -2.06. The minimum Gasteiger partial charge on any atom is -0.263 e. The smallest absolute Gasteiger partial charge is 0.263 e. The van der Waals surface area contributed by atoms with Crippen LogP contribution in [-0.2, 0) is 10.0 Å². The summed E-state index contributed by atoms with van der Waals surface area (Å²) >= 11 is 5.88. The molecule has 0 spiro atoms. The summed E-state index contributed by atoms with van der Waals surface area (Å²) in [7, 11) is -3.89. The highest BCUT2D eigenvalue weighted by Gasteiger charge is 2.22. The van der Waals surface area contributed by atoms with Crippen LogP contribution in [-0.4, -0.2) is 28.7 Å². The van der Waals surface area contributed by atoms with Gasteiger partial charge in [0.1, 0.15) is 17.0 Å². The van der Waals surface area contributed by atoms with Crippen LogP contribution in [0.2, 0.25) is 5.02 Å². The summed E-state index contributed by atoms with van der Waals surface area (Å²) in [6, 6.07) is 4.15. The number of sulfonamides is 1. The molecular formula is C10H6ClN5O3S. The maximum Gasteiger partial charge on any atom is 0.265 e. The van der Waals surface area contributed by atoms with Gasteiger partial charge in [0.2, 0.25) is 0 Å². The average molecular weight is 312 g/mol. The van der Waals surface area contributed by atoms with Gasteiger partial charge in [-0.15, -0.1) is 0 Å². The molecule has 102 valence electrons. The molecule has 0 fully saturated rings. The molecule has 0 bridgehead atoms. The Bertz CT molecular complexity index is 865. The fourth-order valence-electron chi connectivity index (χ4n) is 1.57. The quantitative estimate of drug-likeness (QED) is 0.779. The first-order valence-corrected chi connectivity index (χ1v) is 7.13. The third-order valence-electron chi connectivity index (χ3n) is 2.44. The van der Waals surface area contributed by atoms with Gasteiger partial charge in [-0.05, 0) is 28.5 Å². The second-order valence-electron chi connectivity index (χ2n) is 3.71. The predicted molar refractivity (Wildman–Crippen MR) is 69.7 cm³/mol. The maximum atomic E-state index is 12.3. The van der Waals surface area contributed by atoms with Gasteiger partial charge in [-0.25, -0.2) is 23.0 Å². The van der Waals surface area contributed by atoms with Crippen molar-refractivity contribution in [3.8, 4) is 0 Å². The first-order chi connectivity index (χ1) is 9.58. The normalized spacial score (nSPS) is 11.7.